The minimum Gasteiger partial charge on any atom is -0.361 e. The smallest absolute Gasteiger partial charge is 0.244 e. The molecule has 0 spiro atoms. The summed E-state index contributed by atoms with van der Waals surface area (Å²) in [5, 5.41) is 1.19. The molecule has 0 saturated carbocycles. The predicted molar refractivity (Wildman–Crippen MR) is 113 cm³/mol. The number of aromatic amines is 1. The zero-order valence-corrected chi connectivity index (χ0v) is 18.1. The van der Waals surface area contributed by atoms with Gasteiger partial charge in [0.15, 0.2) is 9.84 Å². The van der Waals surface area contributed by atoms with E-state index >= 15 is 0 Å². The van der Waals surface area contributed by atoms with Gasteiger partial charge in [-0.1, -0.05) is 30.3 Å². The van der Waals surface area contributed by atoms with Crippen LogP contribution in [0.5, 0.6) is 0 Å². The first-order valence-corrected chi connectivity index (χ1v) is 12.9. The van der Waals surface area contributed by atoms with E-state index < -0.39 is 19.9 Å². The van der Waals surface area contributed by atoms with Crippen molar-refractivity contribution in [2.75, 3.05) is 19.3 Å². The molecule has 0 atom stereocenters. The van der Waals surface area contributed by atoms with Crippen molar-refractivity contribution < 1.29 is 16.8 Å². The normalized spacial score (nSPS) is 17.0. The quantitative estimate of drug-likeness (QED) is 0.684. The van der Waals surface area contributed by atoms with Crippen LogP contribution in [0.3, 0.4) is 0 Å². The van der Waals surface area contributed by atoms with E-state index in [9.17, 15) is 16.8 Å². The second-order valence-corrected chi connectivity index (χ2v) is 11.5. The van der Waals surface area contributed by atoms with Crippen molar-refractivity contribution in [2.45, 2.75) is 35.5 Å². The number of aryl methyl sites for hydroxylation is 1. The number of benzene rings is 2. The van der Waals surface area contributed by atoms with E-state index in [0.29, 0.717) is 25.9 Å². The Kier molecular flexibility index (Phi) is 5.04. The molecule has 0 aliphatic carbocycles. The third-order valence-corrected chi connectivity index (χ3v) is 8.96. The van der Waals surface area contributed by atoms with Crippen molar-refractivity contribution in [1.29, 1.82) is 0 Å². The molecule has 4 rings (SSSR count). The van der Waals surface area contributed by atoms with Crippen molar-refractivity contribution in [3.8, 4) is 0 Å². The van der Waals surface area contributed by atoms with Gasteiger partial charge < -0.3 is 4.98 Å². The van der Waals surface area contributed by atoms with Crippen LogP contribution in [-0.4, -0.2) is 45.5 Å². The third-order valence-electron chi connectivity index (χ3n) is 5.72. The van der Waals surface area contributed by atoms with Gasteiger partial charge in [0, 0.05) is 36.4 Å². The molecule has 1 saturated heterocycles. The minimum absolute atomic E-state index is 0.135. The average Bonchev–Trinajstić information content (AvgIpc) is 3.13. The van der Waals surface area contributed by atoms with Crippen molar-refractivity contribution >= 4 is 30.8 Å². The third kappa shape index (κ3) is 3.60. The summed E-state index contributed by atoms with van der Waals surface area (Å²) in [7, 11) is -7.51. The van der Waals surface area contributed by atoms with Gasteiger partial charge >= 0.3 is 0 Å². The number of sulfone groups is 1. The van der Waals surface area contributed by atoms with Gasteiger partial charge in [0.1, 0.15) is 4.90 Å². The molecule has 1 aromatic heterocycles. The number of piperidine rings is 1. The van der Waals surface area contributed by atoms with Gasteiger partial charge in [0.25, 0.3) is 0 Å². The van der Waals surface area contributed by atoms with Crippen LogP contribution in [0.1, 0.15) is 29.9 Å². The highest BCUT2D eigenvalue weighted by Crippen LogP contribution is 2.36. The van der Waals surface area contributed by atoms with E-state index in [1.807, 2.05) is 12.3 Å². The number of hydrogen-bond donors (Lipinski definition) is 1. The molecule has 1 fully saturated rings. The van der Waals surface area contributed by atoms with Gasteiger partial charge in [-0.05, 0) is 48.9 Å². The highest BCUT2D eigenvalue weighted by Gasteiger charge is 2.33. The fraction of sp³-hybridized carbons (Fsp3) is 0.333. The lowest BCUT2D eigenvalue weighted by Crippen LogP contribution is -2.38. The summed E-state index contributed by atoms with van der Waals surface area (Å²) in [5.41, 5.74) is 3.53. The molecular formula is C21H24N2O4S2. The Bertz CT molecular complexity index is 1270. The molecule has 2 heterocycles. The molecule has 29 heavy (non-hydrogen) atoms. The summed E-state index contributed by atoms with van der Waals surface area (Å²) in [4.78, 5) is 3.07. The van der Waals surface area contributed by atoms with Crippen molar-refractivity contribution in [3.05, 3.63) is 59.8 Å². The van der Waals surface area contributed by atoms with Crippen LogP contribution in [0.2, 0.25) is 0 Å². The van der Waals surface area contributed by atoms with E-state index in [1.54, 1.807) is 12.1 Å². The molecule has 3 aromatic rings. The number of fused-ring (bicyclic) bond motifs is 1. The van der Waals surface area contributed by atoms with Crippen molar-refractivity contribution in [3.63, 3.8) is 0 Å². The molecule has 0 radical (unpaired) electrons. The van der Waals surface area contributed by atoms with E-state index in [1.165, 1.54) is 33.0 Å². The Morgan fingerprint density at radius 2 is 1.59 bits per heavy atom. The first-order valence-electron chi connectivity index (χ1n) is 9.55. The highest BCUT2D eigenvalue weighted by molar-refractivity contribution is 7.93. The fourth-order valence-corrected chi connectivity index (χ4v) is 7.25. The summed E-state index contributed by atoms with van der Waals surface area (Å²) in [6.07, 6.45) is 4.46. The van der Waals surface area contributed by atoms with Gasteiger partial charge in [0.2, 0.25) is 10.0 Å². The number of aromatic nitrogens is 1. The number of rotatable bonds is 4. The zero-order chi connectivity index (χ0) is 20.8. The van der Waals surface area contributed by atoms with E-state index in [-0.39, 0.29) is 15.7 Å². The molecule has 8 heteroatoms. The highest BCUT2D eigenvalue weighted by atomic mass is 32.2. The molecule has 154 valence electrons. The Morgan fingerprint density at radius 3 is 2.24 bits per heavy atom. The van der Waals surface area contributed by atoms with Crippen molar-refractivity contribution in [1.82, 2.24) is 9.29 Å². The largest absolute Gasteiger partial charge is 0.361 e. The lowest BCUT2D eigenvalue weighted by molar-refractivity contribution is 0.319. The summed E-state index contributed by atoms with van der Waals surface area (Å²) in [5.74, 6) is 0.266. The van der Waals surface area contributed by atoms with Crippen LogP contribution >= 0.6 is 0 Å². The van der Waals surface area contributed by atoms with Crippen LogP contribution < -0.4 is 0 Å². The van der Waals surface area contributed by atoms with Gasteiger partial charge in [-0.2, -0.15) is 4.31 Å². The first-order chi connectivity index (χ1) is 13.7. The molecule has 0 bridgehead atoms. The SMILES string of the molecule is Cc1cccc2c(C3CCN(S(=O)(=O)c4ccccc4S(C)(=O)=O)CC3)c[nH]c12. The summed E-state index contributed by atoms with van der Waals surface area (Å²) in [6.45, 7) is 2.80. The number of H-pyrrole nitrogens is 1. The van der Waals surface area contributed by atoms with Gasteiger partial charge in [-0.25, -0.2) is 16.8 Å². The number of nitrogens with one attached hydrogen (secondary N) is 1. The van der Waals surface area contributed by atoms with E-state index in [2.05, 4.69) is 24.0 Å². The Morgan fingerprint density at radius 1 is 0.931 bits per heavy atom. The maximum absolute atomic E-state index is 13.2. The Balaban J connectivity index is 1.59. The van der Waals surface area contributed by atoms with Gasteiger partial charge in [0.05, 0.1) is 4.90 Å². The van der Waals surface area contributed by atoms with Crippen LogP contribution in [-0.2, 0) is 19.9 Å². The molecule has 6 nitrogen and oxygen atoms in total. The summed E-state index contributed by atoms with van der Waals surface area (Å²) in [6, 6.07) is 12.0. The Labute approximate surface area is 171 Å². The number of hydrogen-bond acceptors (Lipinski definition) is 4. The Hall–Kier alpha value is -2.16. The molecule has 1 aliphatic heterocycles. The lowest BCUT2D eigenvalue weighted by Gasteiger charge is -2.31. The first kappa shape index (κ1) is 20.1. The number of para-hydroxylation sites is 1. The average molecular weight is 433 g/mol. The number of sulfonamides is 1. The summed E-state index contributed by atoms with van der Waals surface area (Å²) >= 11 is 0. The second kappa shape index (κ2) is 7.27. The maximum atomic E-state index is 13.2. The van der Waals surface area contributed by atoms with Gasteiger partial charge in [-0.15, -0.1) is 0 Å². The standard InChI is InChI=1S/C21H24N2O4S2/c1-15-6-5-7-17-18(14-22-21(15)17)16-10-12-23(13-11-16)29(26,27)20-9-4-3-8-19(20)28(2,24)25/h3-9,14,16,22H,10-13H2,1-2H3. The number of nitrogens with zero attached hydrogens (tertiary/aromatic N) is 1. The van der Waals surface area contributed by atoms with Crippen LogP contribution in [0.4, 0.5) is 0 Å². The molecule has 1 aliphatic rings. The minimum atomic E-state index is -3.87. The lowest BCUT2D eigenvalue weighted by atomic mass is 9.90. The predicted octanol–water partition coefficient (Wildman–Crippen LogP) is 3.45. The maximum Gasteiger partial charge on any atom is 0.244 e. The zero-order valence-electron chi connectivity index (χ0n) is 16.4. The molecular weight excluding hydrogens is 408 g/mol. The second-order valence-electron chi connectivity index (χ2n) is 7.64. The van der Waals surface area contributed by atoms with Gasteiger partial charge in [-0.3, -0.25) is 0 Å². The molecule has 1 N–H and O–H groups in total. The van der Waals surface area contributed by atoms with E-state index in [4.69, 9.17) is 0 Å². The van der Waals surface area contributed by atoms with Crippen molar-refractivity contribution in [2.24, 2.45) is 0 Å². The molecule has 2 aromatic carbocycles. The molecule has 0 unspecified atom stereocenters. The van der Waals surface area contributed by atoms with Crippen LogP contribution in [0.25, 0.3) is 10.9 Å². The van der Waals surface area contributed by atoms with Crippen LogP contribution in [0, 0.1) is 6.92 Å². The topological polar surface area (TPSA) is 87.3 Å². The van der Waals surface area contributed by atoms with Crippen LogP contribution in [0.15, 0.2) is 58.5 Å². The fourth-order valence-electron chi connectivity index (χ4n) is 4.18. The monoisotopic (exact) mass is 432 g/mol. The molecule has 0 amide bonds. The van der Waals surface area contributed by atoms with E-state index in [0.717, 1.165) is 11.8 Å². The summed E-state index contributed by atoms with van der Waals surface area (Å²) < 4.78 is 51.8.